The van der Waals surface area contributed by atoms with Crippen LogP contribution in [0.25, 0.3) is 0 Å². The molecule has 0 spiro atoms. The minimum absolute atomic E-state index is 0.0698. The van der Waals surface area contributed by atoms with Crippen LogP contribution < -0.4 is 0 Å². The lowest BCUT2D eigenvalue weighted by atomic mass is 9.82. The first-order valence-electron chi connectivity index (χ1n) is 12.8. The number of hydrogen-bond acceptors (Lipinski definition) is 5. The zero-order valence-electron chi connectivity index (χ0n) is 20.7. The van der Waals surface area contributed by atoms with Crippen molar-refractivity contribution in [3.8, 4) is 0 Å². The number of nitrogens with zero attached hydrogens (tertiary/aromatic N) is 4. The fraction of sp³-hybridized carbons (Fsp3) is 0.593. The van der Waals surface area contributed by atoms with E-state index in [-0.39, 0.29) is 24.0 Å². The number of imide groups is 1. The van der Waals surface area contributed by atoms with Crippen molar-refractivity contribution in [2.24, 2.45) is 7.05 Å². The molecule has 3 aliphatic rings. The fourth-order valence-corrected chi connectivity index (χ4v) is 6.05. The molecule has 2 aliphatic heterocycles. The molecule has 0 bridgehead atoms. The van der Waals surface area contributed by atoms with E-state index in [2.05, 4.69) is 30.0 Å². The topological polar surface area (TPSA) is 67.7 Å². The number of ether oxygens (including phenoxy) is 1. The third kappa shape index (κ3) is 5.47. The number of likely N-dealkylation sites (tertiary alicyclic amines) is 1. The molecule has 2 amide bonds. The molecule has 3 fully saturated rings. The second kappa shape index (κ2) is 10.4. The molecular weight excluding hydrogens is 464 g/mol. The summed E-state index contributed by atoms with van der Waals surface area (Å²) in [7, 11) is 2.01. The molecule has 1 aliphatic carbocycles. The zero-order valence-corrected chi connectivity index (χ0v) is 21.4. The lowest BCUT2D eigenvalue weighted by Crippen LogP contribution is -2.57. The average molecular weight is 499 g/mol. The van der Waals surface area contributed by atoms with Crippen molar-refractivity contribution in [2.45, 2.75) is 76.0 Å². The number of carbonyl (C=O) groups excluding carboxylic acids is 2. The Morgan fingerprint density at radius 3 is 2.37 bits per heavy atom. The van der Waals surface area contributed by atoms with Crippen LogP contribution in [0.5, 0.6) is 0 Å². The van der Waals surface area contributed by atoms with Crippen molar-refractivity contribution >= 4 is 23.4 Å². The molecule has 1 aromatic carbocycles. The van der Waals surface area contributed by atoms with Gasteiger partial charge in [-0.1, -0.05) is 23.7 Å². The van der Waals surface area contributed by atoms with Crippen LogP contribution in [-0.2, 0) is 27.8 Å². The Morgan fingerprint density at radius 2 is 1.74 bits per heavy atom. The number of morpholine rings is 1. The Morgan fingerprint density at radius 1 is 1.06 bits per heavy atom. The summed E-state index contributed by atoms with van der Waals surface area (Å²) in [5.74, 6) is 0.372. The van der Waals surface area contributed by atoms with E-state index in [1.807, 2.05) is 23.9 Å². The van der Waals surface area contributed by atoms with E-state index in [0.717, 1.165) is 43.7 Å². The first kappa shape index (κ1) is 24.5. The third-order valence-electron chi connectivity index (χ3n) is 8.05. The predicted molar refractivity (Wildman–Crippen MR) is 134 cm³/mol. The maximum Gasteiger partial charge on any atom is 0.229 e. The molecular formula is C27H35ClN4O3. The number of halogens is 1. The van der Waals surface area contributed by atoms with Crippen molar-refractivity contribution in [3.05, 3.63) is 52.3 Å². The smallest absolute Gasteiger partial charge is 0.229 e. The molecule has 2 aromatic rings. The SMILES string of the molecule is Cc1cc(C2CCC(N3C[C@H](CN4C(=O)CCC4=O)OC[C@@H]3Cc3ccc(Cl)cc3)CC2)nn1C. The standard InChI is InChI=1S/C27H35ClN4O3/c1-18-13-25(29-30(18)2)20-5-9-22(10-6-20)31-15-24(16-32-26(33)11-12-27(32)34)35-17-23(31)14-19-3-7-21(28)8-4-19/h3-4,7-8,13,20,22-24H,5-6,9-12,14-17H2,1-2H3/t20?,22?,23-,24+/m0/s1. The highest BCUT2D eigenvalue weighted by Crippen LogP contribution is 2.36. The summed E-state index contributed by atoms with van der Waals surface area (Å²) < 4.78 is 8.22. The Bertz CT molecular complexity index is 1030. The van der Waals surface area contributed by atoms with E-state index in [1.165, 1.54) is 21.9 Å². The quantitative estimate of drug-likeness (QED) is 0.565. The summed E-state index contributed by atoms with van der Waals surface area (Å²) in [4.78, 5) is 28.4. The van der Waals surface area contributed by atoms with Gasteiger partial charge in [0.25, 0.3) is 0 Å². The van der Waals surface area contributed by atoms with Gasteiger partial charge in [0.2, 0.25) is 11.8 Å². The van der Waals surface area contributed by atoms with Crippen molar-refractivity contribution in [2.75, 3.05) is 19.7 Å². The molecule has 5 rings (SSSR count). The first-order valence-corrected chi connectivity index (χ1v) is 13.2. The van der Waals surface area contributed by atoms with Gasteiger partial charge in [0.05, 0.1) is 24.9 Å². The van der Waals surface area contributed by atoms with E-state index in [9.17, 15) is 9.59 Å². The Hall–Kier alpha value is -2.22. The Balaban J connectivity index is 1.28. The van der Waals surface area contributed by atoms with Crippen LogP contribution in [0.15, 0.2) is 30.3 Å². The fourth-order valence-electron chi connectivity index (χ4n) is 5.93. The van der Waals surface area contributed by atoms with Crippen LogP contribution in [0.1, 0.15) is 61.4 Å². The van der Waals surface area contributed by atoms with E-state index in [1.54, 1.807) is 0 Å². The highest BCUT2D eigenvalue weighted by molar-refractivity contribution is 6.30. The number of amides is 2. The first-order chi connectivity index (χ1) is 16.9. The van der Waals surface area contributed by atoms with Gasteiger partial charge in [-0.25, -0.2) is 0 Å². The van der Waals surface area contributed by atoms with Crippen molar-refractivity contribution in [1.82, 2.24) is 19.6 Å². The van der Waals surface area contributed by atoms with Crippen LogP contribution >= 0.6 is 11.6 Å². The molecule has 2 saturated heterocycles. The number of aromatic nitrogens is 2. The van der Waals surface area contributed by atoms with Gasteiger partial charge in [0, 0.05) is 55.2 Å². The minimum Gasteiger partial charge on any atom is -0.373 e. The van der Waals surface area contributed by atoms with Crippen molar-refractivity contribution in [1.29, 1.82) is 0 Å². The molecule has 0 radical (unpaired) electrons. The van der Waals surface area contributed by atoms with Gasteiger partial charge < -0.3 is 4.74 Å². The average Bonchev–Trinajstić information content (AvgIpc) is 3.36. The normalized spacial score (nSPS) is 28.1. The van der Waals surface area contributed by atoms with E-state index in [4.69, 9.17) is 21.4 Å². The van der Waals surface area contributed by atoms with Gasteiger partial charge in [0.15, 0.2) is 0 Å². The lowest BCUT2D eigenvalue weighted by Gasteiger charge is -2.46. The number of rotatable bonds is 6. The third-order valence-corrected chi connectivity index (χ3v) is 8.30. The molecule has 7 nitrogen and oxygen atoms in total. The van der Waals surface area contributed by atoms with Gasteiger partial charge in [0.1, 0.15) is 0 Å². The lowest BCUT2D eigenvalue weighted by molar-refractivity contribution is -0.144. The summed E-state index contributed by atoms with van der Waals surface area (Å²) in [5, 5.41) is 5.48. The van der Waals surface area contributed by atoms with Gasteiger partial charge in [-0.05, 0) is 62.8 Å². The van der Waals surface area contributed by atoms with Crippen molar-refractivity contribution < 1.29 is 14.3 Å². The highest BCUT2D eigenvalue weighted by Gasteiger charge is 2.39. The molecule has 0 N–H and O–H groups in total. The molecule has 2 atom stereocenters. The van der Waals surface area contributed by atoms with Crippen LogP contribution in [-0.4, -0.2) is 69.3 Å². The van der Waals surface area contributed by atoms with E-state index in [0.29, 0.717) is 38.0 Å². The number of aryl methyl sites for hydroxylation is 2. The van der Waals surface area contributed by atoms with Gasteiger partial charge in [-0.15, -0.1) is 0 Å². The number of benzene rings is 1. The minimum atomic E-state index is -0.140. The number of carbonyl (C=O) groups is 2. The molecule has 188 valence electrons. The van der Waals surface area contributed by atoms with Crippen LogP contribution in [0.4, 0.5) is 0 Å². The maximum absolute atomic E-state index is 12.2. The predicted octanol–water partition coefficient (Wildman–Crippen LogP) is 3.87. The summed E-state index contributed by atoms with van der Waals surface area (Å²) in [6, 6.07) is 11.0. The second-order valence-electron chi connectivity index (χ2n) is 10.4. The molecule has 8 heteroatoms. The Labute approximate surface area is 212 Å². The van der Waals surface area contributed by atoms with Gasteiger partial charge >= 0.3 is 0 Å². The largest absolute Gasteiger partial charge is 0.373 e. The molecule has 35 heavy (non-hydrogen) atoms. The van der Waals surface area contributed by atoms with Crippen molar-refractivity contribution in [3.63, 3.8) is 0 Å². The summed E-state index contributed by atoms with van der Waals surface area (Å²) in [5.41, 5.74) is 3.66. The molecule has 1 saturated carbocycles. The Kier molecular flexibility index (Phi) is 7.28. The maximum atomic E-state index is 12.2. The molecule has 1 aromatic heterocycles. The van der Waals surface area contributed by atoms with E-state index >= 15 is 0 Å². The summed E-state index contributed by atoms with van der Waals surface area (Å²) >= 11 is 6.10. The van der Waals surface area contributed by atoms with E-state index < -0.39 is 0 Å². The summed E-state index contributed by atoms with van der Waals surface area (Å²) in [6.45, 7) is 3.81. The number of hydrogen-bond donors (Lipinski definition) is 0. The zero-order chi connectivity index (χ0) is 24.5. The monoisotopic (exact) mass is 498 g/mol. The summed E-state index contributed by atoms with van der Waals surface area (Å²) in [6.07, 6.45) is 5.89. The molecule has 3 heterocycles. The van der Waals surface area contributed by atoms with Crippen LogP contribution in [0.3, 0.4) is 0 Å². The van der Waals surface area contributed by atoms with Gasteiger partial charge in [-0.3, -0.25) is 24.1 Å². The van der Waals surface area contributed by atoms with Crippen LogP contribution in [0, 0.1) is 6.92 Å². The van der Waals surface area contributed by atoms with Gasteiger partial charge in [-0.2, -0.15) is 5.10 Å². The highest BCUT2D eigenvalue weighted by atomic mass is 35.5. The van der Waals surface area contributed by atoms with Crippen LogP contribution in [0.2, 0.25) is 5.02 Å². The second-order valence-corrected chi connectivity index (χ2v) is 10.8. The molecule has 0 unspecified atom stereocenters.